The lowest BCUT2D eigenvalue weighted by Crippen LogP contribution is -2.03. The highest BCUT2D eigenvalue weighted by atomic mass is 79.9. The standard InChI is InChI=1S/C10H9BrN2O2S/c1-2-15-10(14)9-13-7-4-5(12)3-6(11)8(7)16-9/h3-4H,2,12H2,1H3. The number of anilines is 1. The van der Waals surface area contributed by atoms with Gasteiger partial charge in [-0.1, -0.05) is 0 Å². The Morgan fingerprint density at radius 1 is 1.62 bits per heavy atom. The second kappa shape index (κ2) is 4.39. The van der Waals surface area contributed by atoms with Gasteiger partial charge in [0.05, 0.1) is 16.8 Å². The summed E-state index contributed by atoms with van der Waals surface area (Å²) in [5.74, 6) is -0.394. The number of halogens is 1. The molecule has 2 aromatic rings. The van der Waals surface area contributed by atoms with Gasteiger partial charge < -0.3 is 10.5 Å². The van der Waals surface area contributed by atoms with Crippen molar-refractivity contribution in [1.82, 2.24) is 4.98 Å². The zero-order chi connectivity index (χ0) is 11.7. The van der Waals surface area contributed by atoms with Crippen LogP contribution in [-0.2, 0) is 4.74 Å². The number of benzene rings is 1. The normalized spacial score (nSPS) is 10.6. The molecule has 1 heterocycles. The highest BCUT2D eigenvalue weighted by Gasteiger charge is 2.14. The number of rotatable bonds is 2. The van der Waals surface area contributed by atoms with E-state index < -0.39 is 5.97 Å². The molecule has 0 unspecified atom stereocenters. The van der Waals surface area contributed by atoms with Gasteiger partial charge in [0.2, 0.25) is 5.01 Å². The molecule has 16 heavy (non-hydrogen) atoms. The van der Waals surface area contributed by atoms with Gasteiger partial charge >= 0.3 is 5.97 Å². The minimum Gasteiger partial charge on any atom is -0.461 e. The van der Waals surface area contributed by atoms with E-state index in [4.69, 9.17) is 10.5 Å². The molecule has 1 aromatic heterocycles. The van der Waals surface area contributed by atoms with Crippen molar-refractivity contribution in [3.8, 4) is 0 Å². The van der Waals surface area contributed by atoms with Gasteiger partial charge in [-0.25, -0.2) is 9.78 Å². The fourth-order valence-corrected chi connectivity index (χ4v) is 2.85. The quantitative estimate of drug-likeness (QED) is 0.684. The summed E-state index contributed by atoms with van der Waals surface area (Å²) in [4.78, 5) is 15.7. The van der Waals surface area contributed by atoms with Crippen LogP contribution in [0.1, 0.15) is 16.7 Å². The Bertz CT molecular complexity index is 553. The van der Waals surface area contributed by atoms with Crippen LogP contribution in [0.3, 0.4) is 0 Å². The van der Waals surface area contributed by atoms with E-state index >= 15 is 0 Å². The van der Waals surface area contributed by atoms with Crippen molar-refractivity contribution in [2.24, 2.45) is 0 Å². The van der Waals surface area contributed by atoms with E-state index in [0.29, 0.717) is 22.8 Å². The Morgan fingerprint density at radius 2 is 2.38 bits per heavy atom. The smallest absolute Gasteiger partial charge is 0.367 e. The van der Waals surface area contributed by atoms with E-state index in [9.17, 15) is 4.79 Å². The SMILES string of the molecule is CCOC(=O)c1nc2cc(N)cc(Br)c2s1. The van der Waals surface area contributed by atoms with Crippen molar-refractivity contribution < 1.29 is 9.53 Å². The Hall–Kier alpha value is -1.14. The number of nitrogens with zero attached hydrogens (tertiary/aromatic N) is 1. The molecule has 4 nitrogen and oxygen atoms in total. The van der Waals surface area contributed by atoms with E-state index in [1.54, 1.807) is 19.1 Å². The van der Waals surface area contributed by atoms with Crippen molar-refractivity contribution in [1.29, 1.82) is 0 Å². The number of nitrogens with two attached hydrogens (primary N) is 1. The van der Waals surface area contributed by atoms with E-state index in [-0.39, 0.29) is 0 Å². The second-order valence-electron chi connectivity index (χ2n) is 3.09. The first-order chi connectivity index (χ1) is 7.61. The number of hydrogen-bond donors (Lipinski definition) is 1. The number of nitrogen functional groups attached to an aromatic ring is 1. The third-order valence-electron chi connectivity index (χ3n) is 1.92. The molecule has 0 radical (unpaired) electrons. The molecular formula is C10H9BrN2O2S. The molecule has 0 spiro atoms. The topological polar surface area (TPSA) is 65.2 Å². The van der Waals surface area contributed by atoms with Crippen molar-refractivity contribution in [2.75, 3.05) is 12.3 Å². The van der Waals surface area contributed by atoms with Crippen LogP contribution in [0.4, 0.5) is 5.69 Å². The maximum Gasteiger partial charge on any atom is 0.367 e. The lowest BCUT2D eigenvalue weighted by Gasteiger charge is -1.94. The molecule has 2 rings (SSSR count). The van der Waals surface area contributed by atoms with E-state index in [1.165, 1.54) is 11.3 Å². The molecule has 0 aliphatic carbocycles. The minimum atomic E-state index is -0.394. The average molecular weight is 301 g/mol. The van der Waals surface area contributed by atoms with Gasteiger partial charge in [-0.3, -0.25) is 0 Å². The number of ether oxygens (including phenoxy) is 1. The summed E-state index contributed by atoms with van der Waals surface area (Å²) in [5.41, 5.74) is 7.01. The predicted molar refractivity (Wildman–Crippen MR) is 67.7 cm³/mol. The summed E-state index contributed by atoms with van der Waals surface area (Å²) in [7, 11) is 0. The second-order valence-corrected chi connectivity index (χ2v) is 4.94. The fourth-order valence-electron chi connectivity index (χ4n) is 1.29. The fraction of sp³-hybridized carbons (Fsp3) is 0.200. The van der Waals surface area contributed by atoms with E-state index in [1.807, 2.05) is 0 Å². The number of fused-ring (bicyclic) bond motifs is 1. The first kappa shape index (κ1) is 11.3. The van der Waals surface area contributed by atoms with Crippen LogP contribution in [0.5, 0.6) is 0 Å². The molecule has 0 aliphatic rings. The van der Waals surface area contributed by atoms with Crippen LogP contribution in [0.2, 0.25) is 0 Å². The third-order valence-corrected chi connectivity index (χ3v) is 3.89. The number of hydrogen-bond acceptors (Lipinski definition) is 5. The number of carbonyl (C=O) groups excluding carboxylic acids is 1. The molecule has 0 fully saturated rings. The van der Waals surface area contributed by atoms with Gasteiger partial charge in [0.25, 0.3) is 0 Å². The molecule has 84 valence electrons. The molecule has 1 aromatic carbocycles. The van der Waals surface area contributed by atoms with Gasteiger partial charge in [0.1, 0.15) is 0 Å². The van der Waals surface area contributed by atoms with Gasteiger partial charge in [-0.05, 0) is 35.0 Å². The molecule has 0 saturated heterocycles. The highest BCUT2D eigenvalue weighted by molar-refractivity contribution is 9.10. The van der Waals surface area contributed by atoms with Gasteiger partial charge in [-0.2, -0.15) is 0 Å². The zero-order valence-electron chi connectivity index (χ0n) is 8.49. The summed E-state index contributed by atoms with van der Waals surface area (Å²) in [6.45, 7) is 2.11. The monoisotopic (exact) mass is 300 g/mol. The highest BCUT2D eigenvalue weighted by Crippen LogP contribution is 2.32. The summed E-state index contributed by atoms with van der Waals surface area (Å²) < 4.78 is 6.63. The van der Waals surface area contributed by atoms with Crippen molar-refractivity contribution in [3.05, 3.63) is 21.6 Å². The summed E-state index contributed by atoms with van der Waals surface area (Å²) in [6.07, 6.45) is 0. The largest absolute Gasteiger partial charge is 0.461 e. The van der Waals surface area contributed by atoms with Crippen molar-refractivity contribution in [3.63, 3.8) is 0 Å². The van der Waals surface area contributed by atoms with Crippen LogP contribution in [0.15, 0.2) is 16.6 Å². The first-order valence-corrected chi connectivity index (χ1v) is 6.25. The number of esters is 1. The van der Waals surface area contributed by atoms with Crippen LogP contribution in [0, 0.1) is 0 Å². The third kappa shape index (κ3) is 2.03. The molecule has 0 aliphatic heterocycles. The average Bonchev–Trinajstić information content (AvgIpc) is 2.62. The van der Waals surface area contributed by atoms with Gasteiger partial charge in [-0.15, -0.1) is 11.3 Å². The first-order valence-electron chi connectivity index (χ1n) is 4.64. The molecule has 2 N–H and O–H groups in total. The molecule has 0 atom stereocenters. The van der Waals surface area contributed by atoms with Gasteiger partial charge in [0, 0.05) is 10.2 Å². The number of thiazole rings is 1. The Balaban J connectivity index is 2.51. The van der Waals surface area contributed by atoms with Crippen molar-refractivity contribution in [2.45, 2.75) is 6.92 Å². The summed E-state index contributed by atoms with van der Waals surface area (Å²) in [5, 5.41) is 0.350. The van der Waals surface area contributed by atoms with E-state index in [0.717, 1.165) is 9.17 Å². The summed E-state index contributed by atoms with van der Waals surface area (Å²) in [6, 6.07) is 3.52. The molecule has 0 amide bonds. The van der Waals surface area contributed by atoms with Crippen LogP contribution < -0.4 is 5.73 Å². The van der Waals surface area contributed by atoms with Crippen LogP contribution >= 0.6 is 27.3 Å². The van der Waals surface area contributed by atoms with Crippen LogP contribution in [-0.4, -0.2) is 17.6 Å². The lowest BCUT2D eigenvalue weighted by atomic mass is 10.3. The van der Waals surface area contributed by atoms with Crippen LogP contribution in [0.25, 0.3) is 10.2 Å². The zero-order valence-corrected chi connectivity index (χ0v) is 10.9. The Labute approximate surface area is 105 Å². The maximum absolute atomic E-state index is 11.5. The molecule has 0 bridgehead atoms. The Kier molecular flexibility index (Phi) is 3.11. The lowest BCUT2D eigenvalue weighted by molar-refractivity contribution is 0.0526. The maximum atomic E-state index is 11.5. The molecular weight excluding hydrogens is 292 g/mol. The number of aromatic nitrogens is 1. The van der Waals surface area contributed by atoms with Gasteiger partial charge in [0.15, 0.2) is 0 Å². The van der Waals surface area contributed by atoms with Crippen molar-refractivity contribution >= 4 is 49.1 Å². The predicted octanol–water partition coefficient (Wildman–Crippen LogP) is 2.82. The number of carbonyl (C=O) groups is 1. The van der Waals surface area contributed by atoms with E-state index in [2.05, 4.69) is 20.9 Å². The molecule has 6 heteroatoms. The summed E-state index contributed by atoms with van der Waals surface area (Å²) >= 11 is 4.68. The minimum absolute atomic E-state index is 0.345. The Morgan fingerprint density at radius 3 is 3.06 bits per heavy atom. The molecule has 0 saturated carbocycles.